The van der Waals surface area contributed by atoms with E-state index in [2.05, 4.69) is 0 Å². The normalized spacial score (nSPS) is 28.5. The molecule has 4 aliphatic carbocycles. The second kappa shape index (κ2) is 7.66. The molecule has 4 saturated carbocycles. The lowest BCUT2D eigenvalue weighted by molar-refractivity contribution is -0.00620. The highest BCUT2D eigenvalue weighted by atomic mass is 32.2. The molecular formula is C25H25FO4S. The van der Waals surface area contributed by atoms with E-state index in [0.29, 0.717) is 28.4 Å². The number of halogens is 1. The molecule has 4 aliphatic rings. The van der Waals surface area contributed by atoms with Gasteiger partial charge in [0.05, 0.1) is 18.2 Å². The van der Waals surface area contributed by atoms with Gasteiger partial charge in [0.2, 0.25) is 5.12 Å². The average molecular weight is 441 g/mol. The van der Waals surface area contributed by atoms with E-state index >= 15 is 0 Å². The highest BCUT2D eigenvalue weighted by molar-refractivity contribution is 8.14. The molecule has 4 nitrogen and oxygen atoms in total. The quantitative estimate of drug-likeness (QED) is 0.584. The van der Waals surface area contributed by atoms with Crippen molar-refractivity contribution in [3.05, 3.63) is 58.9 Å². The number of methoxy groups -OCH3 is 1. The number of benzene rings is 2. The van der Waals surface area contributed by atoms with Crippen LogP contribution in [0.3, 0.4) is 0 Å². The van der Waals surface area contributed by atoms with Crippen LogP contribution in [0, 0.1) is 23.6 Å². The van der Waals surface area contributed by atoms with Gasteiger partial charge in [0.25, 0.3) is 0 Å². The molecule has 6 heteroatoms. The monoisotopic (exact) mass is 440 g/mol. The summed E-state index contributed by atoms with van der Waals surface area (Å²) in [6, 6.07) is 9.34. The number of carboxylic acids is 1. The number of carbonyl (C=O) groups excluding carboxylic acids is 1. The lowest BCUT2D eigenvalue weighted by Crippen LogP contribution is -2.48. The van der Waals surface area contributed by atoms with E-state index in [0.717, 1.165) is 36.6 Å². The van der Waals surface area contributed by atoms with Crippen LogP contribution in [0.4, 0.5) is 4.39 Å². The van der Waals surface area contributed by atoms with Gasteiger partial charge in [-0.1, -0.05) is 12.1 Å². The van der Waals surface area contributed by atoms with Gasteiger partial charge in [-0.2, -0.15) is 0 Å². The Morgan fingerprint density at radius 3 is 2.23 bits per heavy atom. The Morgan fingerprint density at radius 2 is 1.65 bits per heavy atom. The summed E-state index contributed by atoms with van der Waals surface area (Å²) in [5, 5.41) is 8.91. The smallest absolute Gasteiger partial charge is 0.336 e. The van der Waals surface area contributed by atoms with Crippen LogP contribution in [0.2, 0.25) is 0 Å². The molecule has 1 N–H and O–H groups in total. The average Bonchev–Trinajstić information content (AvgIpc) is 2.72. The Morgan fingerprint density at radius 1 is 1.03 bits per heavy atom. The zero-order valence-electron chi connectivity index (χ0n) is 17.4. The third kappa shape index (κ3) is 3.55. The summed E-state index contributed by atoms with van der Waals surface area (Å²) in [7, 11) is 1.55. The van der Waals surface area contributed by atoms with E-state index in [4.69, 9.17) is 4.74 Å². The Kier molecular flexibility index (Phi) is 5.08. The molecule has 0 heterocycles. The predicted molar refractivity (Wildman–Crippen MR) is 116 cm³/mol. The molecule has 0 atom stereocenters. The standard InChI is InChI=1S/C25H25FO4S/c1-30-21-10-20(26)18(24(29)31-22-5-3-2-4-17(22)23(27)28)9-19(21)25-11-14-6-15(12-25)8-16(7-14)13-25/h2-5,9-10,14-16H,6-8,11-13H2,1H3,(H,27,28). The van der Waals surface area contributed by atoms with E-state index in [1.807, 2.05) is 0 Å². The van der Waals surface area contributed by atoms with Crippen LogP contribution in [0.1, 0.15) is 64.8 Å². The first-order valence-electron chi connectivity index (χ1n) is 10.8. The van der Waals surface area contributed by atoms with Crippen molar-refractivity contribution in [2.45, 2.75) is 48.8 Å². The number of rotatable bonds is 5. The fourth-order valence-corrected chi connectivity index (χ4v) is 7.50. The van der Waals surface area contributed by atoms with Gasteiger partial charge in [0.15, 0.2) is 0 Å². The van der Waals surface area contributed by atoms with E-state index in [9.17, 15) is 19.1 Å². The molecule has 0 unspecified atom stereocenters. The van der Waals surface area contributed by atoms with Gasteiger partial charge >= 0.3 is 5.97 Å². The number of hydrogen-bond donors (Lipinski definition) is 1. The van der Waals surface area contributed by atoms with Crippen LogP contribution in [0.25, 0.3) is 0 Å². The first-order valence-corrected chi connectivity index (χ1v) is 11.6. The minimum atomic E-state index is -1.11. The minimum Gasteiger partial charge on any atom is -0.496 e. The molecule has 0 amide bonds. The third-order valence-corrected chi connectivity index (χ3v) is 8.42. The second-order valence-electron chi connectivity index (χ2n) is 9.42. The van der Waals surface area contributed by atoms with Crippen molar-refractivity contribution in [2.75, 3.05) is 7.11 Å². The van der Waals surface area contributed by atoms with Crippen molar-refractivity contribution >= 4 is 22.8 Å². The van der Waals surface area contributed by atoms with Crippen molar-refractivity contribution in [1.29, 1.82) is 0 Å². The maximum atomic E-state index is 15.0. The van der Waals surface area contributed by atoms with Crippen molar-refractivity contribution in [3.63, 3.8) is 0 Å². The summed E-state index contributed by atoms with van der Waals surface area (Å²) in [5.74, 6) is 0.897. The second-order valence-corrected chi connectivity index (χ2v) is 10.4. The number of hydrogen-bond acceptors (Lipinski definition) is 4. The number of thioether (sulfide) groups is 1. The number of ether oxygens (including phenoxy) is 1. The summed E-state index contributed by atoms with van der Waals surface area (Å²) < 4.78 is 20.6. The largest absolute Gasteiger partial charge is 0.496 e. The summed E-state index contributed by atoms with van der Waals surface area (Å²) in [5.41, 5.74) is 0.936. The molecule has 0 aliphatic heterocycles. The SMILES string of the molecule is COc1cc(F)c(C(=O)Sc2ccccc2C(=O)O)cc1C12CC3CC(CC(C3)C1)C2. The molecule has 6 rings (SSSR count). The summed E-state index contributed by atoms with van der Waals surface area (Å²) in [6.07, 6.45) is 7.08. The summed E-state index contributed by atoms with van der Waals surface area (Å²) >= 11 is 0.764. The molecular weight excluding hydrogens is 415 g/mol. The van der Waals surface area contributed by atoms with Gasteiger partial charge in [-0.05, 0) is 91.7 Å². The lowest BCUT2D eigenvalue weighted by Gasteiger charge is -2.57. The molecule has 0 saturated heterocycles. The summed E-state index contributed by atoms with van der Waals surface area (Å²) in [6.45, 7) is 0. The zero-order valence-corrected chi connectivity index (χ0v) is 18.2. The van der Waals surface area contributed by atoms with Gasteiger partial charge in [-0.3, -0.25) is 4.79 Å². The molecule has 4 bridgehead atoms. The highest BCUT2D eigenvalue weighted by Crippen LogP contribution is 2.62. The van der Waals surface area contributed by atoms with Crippen LogP contribution in [0.15, 0.2) is 41.3 Å². The summed E-state index contributed by atoms with van der Waals surface area (Å²) in [4.78, 5) is 24.9. The van der Waals surface area contributed by atoms with Crippen molar-refractivity contribution < 1.29 is 23.8 Å². The Labute approximate surface area is 185 Å². The number of carbonyl (C=O) groups is 2. The molecule has 2 aromatic carbocycles. The van der Waals surface area contributed by atoms with E-state index in [-0.39, 0.29) is 16.5 Å². The third-order valence-electron chi connectivity index (χ3n) is 7.44. The van der Waals surface area contributed by atoms with Gasteiger partial charge < -0.3 is 9.84 Å². The van der Waals surface area contributed by atoms with Crippen LogP contribution in [-0.4, -0.2) is 23.3 Å². The highest BCUT2D eigenvalue weighted by Gasteiger charge is 2.52. The van der Waals surface area contributed by atoms with Crippen LogP contribution in [-0.2, 0) is 5.41 Å². The number of carboxylic acid groups (broad SMARTS) is 1. The lowest BCUT2D eigenvalue weighted by atomic mass is 9.48. The van der Waals surface area contributed by atoms with Gasteiger partial charge in [0, 0.05) is 16.5 Å². The molecule has 31 heavy (non-hydrogen) atoms. The molecule has 4 fully saturated rings. The van der Waals surface area contributed by atoms with Crippen LogP contribution in [0.5, 0.6) is 5.75 Å². The van der Waals surface area contributed by atoms with Gasteiger partial charge in [-0.15, -0.1) is 0 Å². The van der Waals surface area contributed by atoms with Crippen LogP contribution >= 0.6 is 11.8 Å². The maximum Gasteiger partial charge on any atom is 0.336 e. The van der Waals surface area contributed by atoms with Crippen LogP contribution < -0.4 is 4.74 Å². The van der Waals surface area contributed by atoms with E-state index in [1.54, 1.807) is 31.4 Å². The van der Waals surface area contributed by atoms with Crippen molar-refractivity contribution in [2.24, 2.45) is 17.8 Å². The first-order chi connectivity index (χ1) is 14.9. The van der Waals surface area contributed by atoms with Gasteiger partial charge in [0.1, 0.15) is 11.6 Å². The predicted octanol–water partition coefficient (Wildman–Crippen LogP) is 5.93. The Balaban J connectivity index is 1.53. The first kappa shape index (κ1) is 20.6. The zero-order chi connectivity index (χ0) is 21.8. The molecule has 2 aromatic rings. The molecule has 0 spiro atoms. The molecule has 0 aromatic heterocycles. The Bertz CT molecular complexity index is 1030. The number of aromatic carboxylic acids is 1. The van der Waals surface area contributed by atoms with Crippen molar-refractivity contribution in [3.8, 4) is 5.75 Å². The topological polar surface area (TPSA) is 63.6 Å². The minimum absolute atomic E-state index is 0.00302. The fourth-order valence-electron chi connectivity index (χ4n) is 6.62. The molecule has 162 valence electrons. The van der Waals surface area contributed by atoms with Gasteiger partial charge in [-0.25, -0.2) is 9.18 Å². The van der Waals surface area contributed by atoms with Crippen molar-refractivity contribution in [1.82, 2.24) is 0 Å². The van der Waals surface area contributed by atoms with E-state index < -0.39 is 16.9 Å². The fraction of sp³-hybridized carbons (Fsp3) is 0.440. The maximum absolute atomic E-state index is 15.0. The van der Waals surface area contributed by atoms with E-state index in [1.165, 1.54) is 31.4 Å². The Hall–Kier alpha value is -2.34. The molecule has 0 radical (unpaired) electrons.